The Morgan fingerprint density at radius 1 is 0.846 bits per heavy atom. The Hall–Kier alpha value is -0.0800. The molecule has 2 heteroatoms. The first-order valence-electron chi connectivity index (χ1n) is 5.12. The lowest BCUT2D eigenvalue weighted by Gasteiger charge is -2.27. The minimum Gasteiger partial charge on any atom is -0.319 e. The highest BCUT2D eigenvalue weighted by Crippen LogP contribution is 2.14. The minimum atomic E-state index is 0.347. The first-order valence-corrected chi connectivity index (χ1v) is 5.12. The van der Waals surface area contributed by atoms with Crippen LogP contribution in [0.4, 0.5) is 0 Å². The molecule has 0 spiro atoms. The van der Waals surface area contributed by atoms with Crippen LogP contribution in [0.1, 0.15) is 34.6 Å². The summed E-state index contributed by atoms with van der Waals surface area (Å²) in [5.74, 6) is 0. The van der Waals surface area contributed by atoms with E-state index in [0.29, 0.717) is 10.8 Å². The number of hydrogen-bond donors (Lipinski definition) is 2. The molecule has 0 bridgehead atoms. The van der Waals surface area contributed by atoms with Gasteiger partial charge in [0.05, 0.1) is 0 Å². The van der Waals surface area contributed by atoms with Crippen LogP contribution in [0.25, 0.3) is 0 Å². The zero-order chi connectivity index (χ0) is 10.5. The average molecular weight is 186 g/mol. The highest BCUT2D eigenvalue weighted by molar-refractivity contribution is 4.75. The summed E-state index contributed by atoms with van der Waals surface area (Å²) in [4.78, 5) is 0. The monoisotopic (exact) mass is 186 g/mol. The minimum absolute atomic E-state index is 0.347. The van der Waals surface area contributed by atoms with Crippen molar-refractivity contribution in [2.24, 2.45) is 10.8 Å². The van der Waals surface area contributed by atoms with Gasteiger partial charge in [-0.25, -0.2) is 0 Å². The fraction of sp³-hybridized carbons (Fsp3) is 1.00. The van der Waals surface area contributed by atoms with Gasteiger partial charge in [0.2, 0.25) is 0 Å². The predicted molar refractivity (Wildman–Crippen MR) is 60.0 cm³/mol. The van der Waals surface area contributed by atoms with E-state index in [4.69, 9.17) is 0 Å². The lowest BCUT2D eigenvalue weighted by molar-refractivity contribution is 0.295. The lowest BCUT2D eigenvalue weighted by Crippen LogP contribution is -2.39. The van der Waals surface area contributed by atoms with Gasteiger partial charge in [-0.3, -0.25) is 0 Å². The van der Waals surface area contributed by atoms with Crippen LogP contribution in [0.2, 0.25) is 0 Å². The molecular weight excluding hydrogens is 160 g/mol. The molecule has 0 aromatic heterocycles. The van der Waals surface area contributed by atoms with Crippen molar-refractivity contribution in [2.75, 3.05) is 26.7 Å². The Balaban J connectivity index is 3.63. The van der Waals surface area contributed by atoms with Gasteiger partial charge in [0.25, 0.3) is 0 Å². The second-order valence-corrected chi connectivity index (χ2v) is 5.86. The van der Waals surface area contributed by atoms with Gasteiger partial charge in [-0.2, -0.15) is 0 Å². The van der Waals surface area contributed by atoms with Crippen molar-refractivity contribution in [1.29, 1.82) is 0 Å². The van der Waals surface area contributed by atoms with Gasteiger partial charge < -0.3 is 10.6 Å². The van der Waals surface area contributed by atoms with Gasteiger partial charge >= 0.3 is 0 Å². The van der Waals surface area contributed by atoms with E-state index in [1.807, 2.05) is 7.05 Å². The van der Waals surface area contributed by atoms with E-state index in [-0.39, 0.29) is 0 Å². The second-order valence-electron chi connectivity index (χ2n) is 5.86. The molecule has 0 aromatic rings. The summed E-state index contributed by atoms with van der Waals surface area (Å²) in [5.41, 5.74) is 0.732. The highest BCUT2D eigenvalue weighted by atomic mass is 14.9. The molecule has 2 N–H and O–H groups in total. The average Bonchev–Trinajstić information content (AvgIpc) is 1.82. The van der Waals surface area contributed by atoms with Gasteiger partial charge in [-0.15, -0.1) is 0 Å². The Morgan fingerprint density at radius 2 is 1.38 bits per heavy atom. The Kier molecular flexibility index (Phi) is 4.93. The maximum Gasteiger partial charge on any atom is 0.00149 e. The maximum absolute atomic E-state index is 3.51. The Morgan fingerprint density at radius 3 is 1.77 bits per heavy atom. The molecule has 0 amide bonds. The molecule has 0 heterocycles. The van der Waals surface area contributed by atoms with Crippen molar-refractivity contribution in [3.8, 4) is 0 Å². The standard InChI is InChI=1S/C11H26N2/c1-10(2,3)7-13-9-11(4,5)8-12-6/h12-13H,7-9H2,1-6H3. The summed E-state index contributed by atoms with van der Waals surface area (Å²) in [6, 6.07) is 0. The van der Waals surface area contributed by atoms with E-state index in [0.717, 1.165) is 19.6 Å². The van der Waals surface area contributed by atoms with Crippen LogP contribution in [0, 0.1) is 10.8 Å². The van der Waals surface area contributed by atoms with E-state index in [2.05, 4.69) is 45.3 Å². The summed E-state index contributed by atoms with van der Waals surface area (Å²) < 4.78 is 0. The molecule has 0 atom stereocenters. The third-order valence-electron chi connectivity index (χ3n) is 1.91. The van der Waals surface area contributed by atoms with E-state index < -0.39 is 0 Å². The fourth-order valence-electron chi connectivity index (χ4n) is 1.32. The van der Waals surface area contributed by atoms with Crippen molar-refractivity contribution < 1.29 is 0 Å². The topological polar surface area (TPSA) is 24.1 Å². The fourth-order valence-corrected chi connectivity index (χ4v) is 1.32. The highest BCUT2D eigenvalue weighted by Gasteiger charge is 2.17. The molecule has 0 radical (unpaired) electrons. The van der Waals surface area contributed by atoms with Crippen molar-refractivity contribution >= 4 is 0 Å². The molecule has 0 aliphatic carbocycles. The zero-order valence-electron chi connectivity index (χ0n) is 10.1. The third-order valence-corrected chi connectivity index (χ3v) is 1.91. The first-order chi connectivity index (χ1) is 5.77. The molecule has 0 saturated carbocycles. The van der Waals surface area contributed by atoms with Gasteiger partial charge in [-0.1, -0.05) is 34.6 Å². The Bertz CT molecular complexity index is 134. The molecule has 0 aromatic carbocycles. The number of nitrogens with one attached hydrogen (secondary N) is 2. The number of rotatable bonds is 5. The van der Waals surface area contributed by atoms with Crippen molar-refractivity contribution in [3.63, 3.8) is 0 Å². The van der Waals surface area contributed by atoms with Gasteiger partial charge in [-0.05, 0) is 17.9 Å². The van der Waals surface area contributed by atoms with E-state index in [9.17, 15) is 0 Å². The molecule has 13 heavy (non-hydrogen) atoms. The largest absolute Gasteiger partial charge is 0.319 e. The lowest BCUT2D eigenvalue weighted by atomic mass is 9.92. The summed E-state index contributed by atoms with van der Waals surface area (Å²) in [6.07, 6.45) is 0. The van der Waals surface area contributed by atoms with Crippen LogP contribution >= 0.6 is 0 Å². The van der Waals surface area contributed by atoms with Gasteiger partial charge in [0, 0.05) is 19.6 Å². The van der Waals surface area contributed by atoms with Gasteiger partial charge in [0.15, 0.2) is 0 Å². The molecule has 0 aliphatic rings. The number of hydrogen-bond acceptors (Lipinski definition) is 2. The van der Waals surface area contributed by atoms with Crippen LogP contribution in [-0.2, 0) is 0 Å². The Labute approximate surface area is 83.5 Å². The normalized spacial score (nSPS) is 13.4. The van der Waals surface area contributed by atoms with Crippen molar-refractivity contribution in [3.05, 3.63) is 0 Å². The van der Waals surface area contributed by atoms with Crippen LogP contribution < -0.4 is 10.6 Å². The van der Waals surface area contributed by atoms with Crippen LogP contribution in [0.5, 0.6) is 0 Å². The molecule has 80 valence electrons. The van der Waals surface area contributed by atoms with E-state index >= 15 is 0 Å². The molecule has 0 rings (SSSR count). The smallest absolute Gasteiger partial charge is 0.00149 e. The maximum atomic E-state index is 3.51. The van der Waals surface area contributed by atoms with Crippen LogP contribution in [0.3, 0.4) is 0 Å². The van der Waals surface area contributed by atoms with Crippen molar-refractivity contribution in [1.82, 2.24) is 10.6 Å². The summed E-state index contributed by atoms with van der Waals surface area (Å²) in [6.45, 7) is 14.5. The molecule has 0 fully saturated rings. The second kappa shape index (κ2) is 4.97. The predicted octanol–water partition coefficient (Wildman–Crippen LogP) is 1.87. The molecule has 0 saturated heterocycles. The van der Waals surface area contributed by atoms with Crippen molar-refractivity contribution in [2.45, 2.75) is 34.6 Å². The van der Waals surface area contributed by atoms with Crippen LogP contribution in [-0.4, -0.2) is 26.7 Å². The summed E-state index contributed by atoms with van der Waals surface area (Å²) >= 11 is 0. The first kappa shape index (κ1) is 12.9. The molecule has 0 aliphatic heterocycles. The SMILES string of the molecule is CNCC(C)(C)CNCC(C)(C)C. The quantitative estimate of drug-likeness (QED) is 0.685. The van der Waals surface area contributed by atoms with Gasteiger partial charge in [0.1, 0.15) is 0 Å². The molecule has 0 unspecified atom stereocenters. The van der Waals surface area contributed by atoms with E-state index in [1.54, 1.807) is 0 Å². The zero-order valence-corrected chi connectivity index (χ0v) is 10.1. The molecular formula is C11H26N2. The summed E-state index contributed by atoms with van der Waals surface area (Å²) in [7, 11) is 2.01. The molecule has 2 nitrogen and oxygen atoms in total. The van der Waals surface area contributed by atoms with Crippen LogP contribution in [0.15, 0.2) is 0 Å². The summed E-state index contributed by atoms with van der Waals surface area (Å²) in [5, 5.41) is 6.73. The van der Waals surface area contributed by atoms with E-state index in [1.165, 1.54) is 0 Å². The third kappa shape index (κ3) is 8.26.